The monoisotopic (exact) mass is 307 g/mol. The minimum absolute atomic E-state index is 0.351. The van der Waals surface area contributed by atoms with E-state index in [1.54, 1.807) is 0 Å². The highest BCUT2D eigenvalue weighted by molar-refractivity contribution is 5.11. The second-order valence-corrected chi connectivity index (χ2v) is 7.01. The van der Waals surface area contributed by atoms with E-state index in [1.807, 2.05) is 13.8 Å². The molecule has 3 saturated heterocycles. The van der Waals surface area contributed by atoms with Crippen LogP contribution in [0.2, 0.25) is 0 Å². The number of rotatable bonds is 0. The molecule has 1 spiro atoms. The molecule has 8 heteroatoms. The van der Waals surface area contributed by atoms with Crippen molar-refractivity contribution in [2.75, 3.05) is 13.1 Å². The van der Waals surface area contributed by atoms with Gasteiger partial charge in [-0.2, -0.15) is 0 Å². The van der Waals surface area contributed by atoms with Crippen LogP contribution in [0.15, 0.2) is 12.2 Å². The molecule has 0 aromatic heterocycles. The number of nitrogens with zero attached hydrogens (tertiary/aromatic N) is 1. The Bertz CT molecular complexity index is 430. The van der Waals surface area contributed by atoms with Gasteiger partial charge in [0, 0.05) is 6.42 Å². The molecule has 4 heterocycles. The van der Waals surface area contributed by atoms with Gasteiger partial charge < -0.3 is 14.0 Å². The Morgan fingerprint density at radius 3 is 2.20 bits per heavy atom. The van der Waals surface area contributed by atoms with E-state index >= 15 is 0 Å². The second-order valence-electron chi connectivity index (χ2n) is 6.25. The van der Waals surface area contributed by atoms with Crippen LogP contribution < -0.4 is 18.6 Å². The van der Waals surface area contributed by atoms with Crippen molar-refractivity contribution in [2.45, 2.75) is 50.3 Å². The van der Waals surface area contributed by atoms with Crippen LogP contribution in [0.3, 0.4) is 0 Å². The third kappa shape index (κ3) is 2.49. The number of fused-ring (bicyclic) bond motifs is 3. The van der Waals surface area contributed by atoms with E-state index < -0.39 is 10.2 Å². The fourth-order valence-electron chi connectivity index (χ4n) is 3.98. The van der Waals surface area contributed by atoms with E-state index in [0.717, 1.165) is 6.04 Å². The zero-order valence-corrected chi connectivity index (χ0v) is 12.1. The zero-order chi connectivity index (χ0) is 14.8. The Hall–Kier alpha value is -0.250. The van der Waals surface area contributed by atoms with Gasteiger partial charge in [0.1, 0.15) is 18.7 Å². The molecule has 5 atom stereocenters. The molecule has 4 rings (SSSR count). The van der Waals surface area contributed by atoms with Crippen LogP contribution in [0.5, 0.6) is 0 Å². The molecule has 20 heavy (non-hydrogen) atoms. The molecule has 114 valence electrons. The van der Waals surface area contributed by atoms with Gasteiger partial charge in [-0.25, -0.2) is 18.6 Å². The summed E-state index contributed by atoms with van der Waals surface area (Å²) >= 11 is 0. The maximum atomic E-state index is 8.49. The normalized spacial score (nSPS) is 46.9. The van der Waals surface area contributed by atoms with E-state index in [9.17, 15) is 0 Å². The molecule has 1 unspecified atom stereocenters. The van der Waals surface area contributed by atoms with Gasteiger partial charge in [0.2, 0.25) is 0 Å². The summed E-state index contributed by atoms with van der Waals surface area (Å²) in [4.78, 5) is 0. The molecule has 0 N–H and O–H groups in total. The molecule has 0 amide bonds. The van der Waals surface area contributed by atoms with Crippen molar-refractivity contribution < 1.29 is 42.8 Å². The second kappa shape index (κ2) is 4.37. The van der Waals surface area contributed by atoms with E-state index in [1.165, 1.54) is 24.0 Å². The summed E-state index contributed by atoms with van der Waals surface area (Å²) in [6.45, 7) is 6.60. The highest BCUT2D eigenvalue weighted by Gasteiger charge is 2.76. The first-order valence-electron chi connectivity index (χ1n) is 6.61. The number of hydrogen-bond donors (Lipinski definition) is 0. The molecule has 0 radical (unpaired) electrons. The van der Waals surface area contributed by atoms with Gasteiger partial charge in [-0.15, -0.1) is 10.2 Å². The van der Waals surface area contributed by atoms with Crippen LogP contribution in [-0.4, -0.2) is 47.7 Å². The quantitative estimate of drug-likeness (QED) is 0.259. The Balaban J connectivity index is 0.000000213. The summed E-state index contributed by atoms with van der Waals surface area (Å²) in [5.41, 5.74) is 0. The van der Waals surface area contributed by atoms with Gasteiger partial charge in [-0.3, -0.25) is 0 Å². The van der Waals surface area contributed by atoms with Crippen molar-refractivity contribution in [3.05, 3.63) is 12.2 Å². The molecule has 0 aromatic rings. The lowest BCUT2D eigenvalue weighted by Crippen LogP contribution is -2.68. The fourth-order valence-corrected chi connectivity index (χ4v) is 3.98. The minimum atomic E-state index is -4.94. The van der Waals surface area contributed by atoms with Crippen LogP contribution in [0.25, 0.3) is 0 Å². The Morgan fingerprint density at radius 2 is 1.60 bits per heavy atom. The summed E-state index contributed by atoms with van der Waals surface area (Å²) in [6, 6.07) is 1.40. The topological polar surface area (TPSA) is 111 Å². The molecule has 0 aliphatic carbocycles. The van der Waals surface area contributed by atoms with Crippen molar-refractivity contribution in [1.29, 1.82) is 0 Å². The minimum Gasteiger partial charge on any atom is -0.338 e. The van der Waals surface area contributed by atoms with Gasteiger partial charge in [-0.1, -0.05) is 6.08 Å². The maximum absolute atomic E-state index is 8.49. The van der Waals surface area contributed by atoms with Gasteiger partial charge in [0.25, 0.3) is 0 Å². The van der Waals surface area contributed by atoms with Crippen molar-refractivity contribution in [1.82, 2.24) is 0 Å². The number of halogens is 1. The average Bonchev–Trinajstić information content (AvgIpc) is 2.77. The van der Waals surface area contributed by atoms with Crippen LogP contribution >= 0.6 is 0 Å². The Labute approximate surface area is 119 Å². The molecular weight excluding hydrogens is 290 g/mol. The summed E-state index contributed by atoms with van der Waals surface area (Å²) in [5.74, 6) is -0.352. The number of hydrogen-bond acceptors (Lipinski definition) is 6. The van der Waals surface area contributed by atoms with E-state index in [-0.39, 0.29) is 5.79 Å². The maximum Gasteiger partial charge on any atom is 0.169 e. The van der Waals surface area contributed by atoms with Gasteiger partial charge >= 0.3 is 0 Å². The van der Waals surface area contributed by atoms with Crippen molar-refractivity contribution in [2.24, 2.45) is 0 Å². The molecular formula is C12H18ClNO6. The number of ether oxygens (including phenoxy) is 2. The third-order valence-corrected chi connectivity index (χ3v) is 4.63. The summed E-state index contributed by atoms with van der Waals surface area (Å²) < 4.78 is 47.4. The molecule has 0 saturated carbocycles. The molecule has 4 aliphatic heterocycles. The lowest BCUT2D eigenvalue weighted by atomic mass is 10.0. The smallest absolute Gasteiger partial charge is 0.169 e. The predicted octanol–water partition coefficient (Wildman–Crippen LogP) is -3.71. The summed E-state index contributed by atoms with van der Waals surface area (Å²) in [7, 11) is -4.94. The first-order valence-corrected chi connectivity index (χ1v) is 7.85. The van der Waals surface area contributed by atoms with E-state index in [0.29, 0.717) is 18.2 Å². The lowest BCUT2D eigenvalue weighted by Gasteiger charge is -2.30. The highest BCUT2D eigenvalue weighted by atomic mass is 35.7. The zero-order valence-electron chi connectivity index (χ0n) is 11.4. The van der Waals surface area contributed by atoms with Crippen molar-refractivity contribution in [3.8, 4) is 0 Å². The average molecular weight is 308 g/mol. The summed E-state index contributed by atoms with van der Waals surface area (Å²) in [5, 5.41) is 0. The van der Waals surface area contributed by atoms with Crippen molar-refractivity contribution in [3.63, 3.8) is 0 Å². The first kappa shape index (κ1) is 14.7. The largest absolute Gasteiger partial charge is 0.338 e. The van der Waals surface area contributed by atoms with Crippen LogP contribution in [0, 0.1) is 10.2 Å². The SMILES string of the molecule is CC1(C)O[C@@H]2[C@H](O1)[C@@H]1C[N+]13CC=CC[C@@H]23.[O-][Cl+3]([O-])([O-])[O-]. The van der Waals surface area contributed by atoms with Gasteiger partial charge in [0.15, 0.2) is 17.9 Å². The standard InChI is InChI=1S/C12H18NO2.ClHO4/c1-12(2)14-10-8-5-3-4-6-13(8)7-9(13)11(10)15-12;2-1(3,4)5/h3-4,8-11H,5-7H2,1-2H3;(H,2,3,4,5)/q+1;/p-1/t8-,9-,10-,11+,13?;/m0./s1. The van der Waals surface area contributed by atoms with Crippen LogP contribution in [-0.2, 0) is 9.47 Å². The van der Waals surface area contributed by atoms with Crippen molar-refractivity contribution >= 4 is 0 Å². The van der Waals surface area contributed by atoms with Crippen LogP contribution in [0.1, 0.15) is 20.3 Å². The first-order chi connectivity index (χ1) is 9.12. The lowest BCUT2D eigenvalue weighted by molar-refractivity contribution is -2.00. The van der Waals surface area contributed by atoms with Gasteiger partial charge in [-0.05, 0) is 19.9 Å². The number of piperidine rings is 1. The molecule has 4 aliphatic rings. The van der Waals surface area contributed by atoms with Gasteiger partial charge in [0.05, 0.1) is 6.54 Å². The summed E-state index contributed by atoms with van der Waals surface area (Å²) in [6.07, 6.45) is 6.55. The molecule has 7 nitrogen and oxygen atoms in total. The Morgan fingerprint density at radius 1 is 1.05 bits per heavy atom. The number of quaternary nitrogens is 1. The van der Waals surface area contributed by atoms with E-state index in [4.69, 9.17) is 28.1 Å². The predicted molar refractivity (Wildman–Crippen MR) is 55.2 cm³/mol. The van der Waals surface area contributed by atoms with E-state index in [2.05, 4.69) is 12.2 Å². The fraction of sp³-hybridized carbons (Fsp3) is 0.833. The molecule has 0 aromatic carbocycles. The molecule has 0 bridgehead atoms. The Kier molecular flexibility index (Phi) is 3.21. The highest BCUT2D eigenvalue weighted by Crippen LogP contribution is 2.55. The third-order valence-electron chi connectivity index (χ3n) is 4.63. The van der Waals surface area contributed by atoms with Crippen LogP contribution in [0.4, 0.5) is 0 Å². The molecule has 3 fully saturated rings.